The Bertz CT molecular complexity index is 1310. The minimum absolute atomic E-state index is 0.0298. The standard InChI is InChI=1S/C29H27ClF3NO3/c1-17(37-2)20-8-6-19(7-9-20)15-26(35)23(14-18-4-3-5-18)25-13-10-21(16-34(25)36)27-22(29(32)33)11-12-24(30)28(27)31/h6-13,16,18,23,29H,1,3-5,14-15H2,2H3. The third-order valence-corrected chi connectivity index (χ3v) is 7.33. The van der Waals surface area contributed by atoms with Crippen LogP contribution in [0.5, 0.6) is 0 Å². The van der Waals surface area contributed by atoms with E-state index >= 15 is 0 Å². The second-order valence-electron chi connectivity index (χ2n) is 9.35. The van der Waals surface area contributed by atoms with Crippen molar-refractivity contribution in [2.24, 2.45) is 5.92 Å². The molecule has 1 fully saturated rings. The highest BCUT2D eigenvalue weighted by atomic mass is 35.5. The third-order valence-electron chi connectivity index (χ3n) is 7.04. The quantitative estimate of drug-likeness (QED) is 0.156. The molecule has 8 heteroatoms. The highest BCUT2D eigenvalue weighted by molar-refractivity contribution is 6.31. The van der Waals surface area contributed by atoms with Gasteiger partial charge in [0, 0.05) is 29.2 Å². The van der Waals surface area contributed by atoms with E-state index in [0.717, 1.165) is 48.7 Å². The molecule has 1 unspecified atom stereocenters. The number of aromatic nitrogens is 1. The first-order valence-corrected chi connectivity index (χ1v) is 12.4. The van der Waals surface area contributed by atoms with E-state index in [-0.39, 0.29) is 28.5 Å². The summed E-state index contributed by atoms with van der Waals surface area (Å²) in [6.45, 7) is 3.82. The largest absolute Gasteiger partial charge is 0.618 e. The molecule has 0 aliphatic heterocycles. The molecule has 1 saturated carbocycles. The van der Waals surface area contributed by atoms with E-state index in [1.807, 2.05) is 24.3 Å². The van der Waals surface area contributed by atoms with Crippen LogP contribution in [0, 0.1) is 16.9 Å². The van der Waals surface area contributed by atoms with Crippen molar-refractivity contribution in [3.05, 3.63) is 99.7 Å². The van der Waals surface area contributed by atoms with E-state index in [1.54, 1.807) is 0 Å². The summed E-state index contributed by atoms with van der Waals surface area (Å²) >= 11 is 5.83. The van der Waals surface area contributed by atoms with Crippen LogP contribution in [-0.4, -0.2) is 12.9 Å². The molecule has 1 aromatic heterocycles. The number of halogens is 4. The highest BCUT2D eigenvalue weighted by Gasteiger charge is 2.33. The molecule has 3 aromatic rings. The van der Waals surface area contributed by atoms with Crippen LogP contribution < -0.4 is 4.73 Å². The minimum atomic E-state index is -2.96. The molecule has 0 N–H and O–H groups in total. The molecule has 2 aromatic carbocycles. The maximum Gasteiger partial charge on any atom is 0.264 e. The molecule has 37 heavy (non-hydrogen) atoms. The van der Waals surface area contributed by atoms with Gasteiger partial charge in [-0.3, -0.25) is 4.79 Å². The van der Waals surface area contributed by atoms with Crippen LogP contribution in [0.1, 0.15) is 60.4 Å². The van der Waals surface area contributed by atoms with E-state index in [0.29, 0.717) is 22.8 Å². The van der Waals surface area contributed by atoms with Gasteiger partial charge in [-0.15, -0.1) is 0 Å². The molecule has 0 spiro atoms. The zero-order valence-corrected chi connectivity index (χ0v) is 21.1. The van der Waals surface area contributed by atoms with Gasteiger partial charge >= 0.3 is 0 Å². The maximum atomic E-state index is 14.8. The molecular weight excluding hydrogens is 503 g/mol. The van der Waals surface area contributed by atoms with Crippen LogP contribution in [0.15, 0.2) is 61.3 Å². The van der Waals surface area contributed by atoms with Gasteiger partial charge in [0.05, 0.1) is 17.7 Å². The Hall–Kier alpha value is -3.32. The molecule has 0 radical (unpaired) electrons. The summed E-state index contributed by atoms with van der Waals surface area (Å²) in [7, 11) is 1.53. The van der Waals surface area contributed by atoms with E-state index in [2.05, 4.69) is 6.58 Å². The minimum Gasteiger partial charge on any atom is -0.618 e. The molecule has 0 saturated heterocycles. The summed E-state index contributed by atoms with van der Waals surface area (Å²) in [4.78, 5) is 13.4. The number of rotatable bonds is 10. The van der Waals surface area contributed by atoms with Gasteiger partial charge in [0.1, 0.15) is 17.5 Å². The van der Waals surface area contributed by atoms with Crippen molar-refractivity contribution in [3.8, 4) is 11.1 Å². The van der Waals surface area contributed by atoms with Gasteiger partial charge in [-0.25, -0.2) is 13.2 Å². The Balaban J connectivity index is 1.65. The van der Waals surface area contributed by atoms with Crippen molar-refractivity contribution in [3.63, 3.8) is 0 Å². The van der Waals surface area contributed by atoms with Crippen LogP contribution in [-0.2, 0) is 16.0 Å². The molecule has 4 rings (SSSR count). The van der Waals surface area contributed by atoms with Crippen LogP contribution in [0.4, 0.5) is 13.2 Å². The summed E-state index contributed by atoms with van der Waals surface area (Å²) in [5.74, 6) is -0.973. The van der Waals surface area contributed by atoms with Crippen LogP contribution in [0.3, 0.4) is 0 Å². The van der Waals surface area contributed by atoms with Crippen LogP contribution in [0.2, 0.25) is 5.02 Å². The number of pyridine rings is 1. The van der Waals surface area contributed by atoms with Gasteiger partial charge in [0.25, 0.3) is 6.43 Å². The molecular formula is C29H27ClF3NO3. The van der Waals surface area contributed by atoms with Crippen molar-refractivity contribution in [1.82, 2.24) is 0 Å². The number of carbonyl (C=O) groups is 1. The van der Waals surface area contributed by atoms with Gasteiger partial charge in [0.2, 0.25) is 5.69 Å². The molecule has 1 aliphatic rings. The number of methoxy groups -OCH3 is 1. The van der Waals surface area contributed by atoms with Gasteiger partial charge in [-0.2, -0.15) is 4.73 Å². The fraction of sp³-hybridized carbons (Fsp3) is 0.310. The van der Waals surface area contributed by atoms with E-state index in [1.165, 1.54) is 19.2 Å². The number of ketones is 1. The van der Waals surface area contributed by atoms with E-state index in [4.69, 9.17) is 16.3 Å². The summed E-state index contributed by atoms with van der Waals surface area (Å²) in [5.41, 5.74) is 0.792. The number of ether oxygens (including phenoxy) is 1. The van der Waals surface area contributed by atoms with Crippen LogP contribution in [0.25, 0.3) is 16.9 Å². The summed E-state index contributed by atoms with van der Waals surface area (Å²) in [5, 5.41) is 12.8. The third kappa shape index (κ3) is 5.82. The number of hydrogen-bond acceptors (Lipinski definition) is 3. The molecule has 1 heterocycles. The van der Waals surface area contributed by atoms with E-state index < -0.39 is 29.3 Å². The topological polar surface area (TPSA) is 53.2 Å². The Labute approximate surface area is 218 Å². The summed E-state index contributed by atoms with van der Waals surface area (Å²) in [6.07, 6.45) is 1.78. The number of Topliss-reactive ketones (excluding diaryl/α,β-unsaturated/α-hetero) is 1. The van der Waals surface area contributed by atoms with Crippen molar-refractivity contribution in [2.45, 2.75) is 44.4 Å². The van der Waals surface area contributed by atoms with Crippen molar-refractivity contribution in [1.29, 1.82) is 0 Å². The van der Waals surface area contributed by atoms with E-state index in [9.17, 15) is 23.2 Å². The first-order valence-electron chi connectivity index (χ1n) is 12.0. The molecule has 4 nitrogen and oxygen atoms in total. The maximum absolute atomic E-state index is 14.8. The smallest absolute Gasteiger partial charge is 0.264 e. The summed E-state index contributed by atoms with van der Waals surface area (Å²) < 4.78 is 47.5. The molecule has 1 atom stereocenters. The first kappa shape index (κ1) is 26.7. The zero-order valence-electron chi connectivity index (χ0n) is 20.4. The number of hydrogen-bond donors (Lipinski definition) is 0. The fourth-order valence-electron chi connectivity index (χ4n) is 4.68. The lowest BCUT2D eigenvalue weighted by atomic mass is 9.76. The number of nitrogens with zero attached hydrogens (tertiary/aromatic N) is 1. The lowest BCUT2D eigenvalue weighted by Gasteiger charge is -2.28. The van der Waals surface area contributed by atoms with Crippen molar-refractivity contribution >= 4 is 23.1 Å². The van der Waals surface area contributed by atoms with Gasteiger partial charge in [-0.05, 0) is 30.0 Å². The molecule has 194 valence electrons. The lowest BCUT2D eigenvalue weighted by molar-refractivity contribution is -0.614. The van der Waals surface area contributed by atoms with Gasteiger partial charge in [0.15, 0.2) is 12.0 Å². The van der Waals surface area contributed by atoms with Crippen LogP contribution >= 0.6 is 11.6 Å². The fourth-order valence-corrected chi connectivity index (χ4v) is 4.84. The molecule has 0 amide bonds. The average Bonchev–Trinajstić information content (AvgIpc) is 2.85. The second-order valence-corrected chi connectivity index (χ2v) is 9.75. The predicted molar refractivity (Wildman–Crippen MR) is 137 cm³/mol. The second kappa shape index (κ2) is 11.4. The Morgan fingerprint density at radius 1 is 1.16 bits per heavy atom. The Morgan fingerprint density at radius 2 is 1.86 bits per heavy atom. The number of benzene rings is 2. The number of alkyl halides is 2. The SMILES string of the molecule is C=C(OC)c1ccc(CC(=O)C(CC2CCC2)c2ccc(-c3c(C(F)F)ccc(Cl)c3F)c[n+]2[O-])cc1. The normalized spacial score (nSPS) is 14.3. The van der Waals surface area contributed by atoms with Crippen molar-refractivity contribution < 1.29 is 27.4 Å². The average molecular weight is 530 g/mol. The Kier molecular flexibility index (Phi) is 8.22. The molecule has 1 aliphatic carbocycles. The predicted octanol–water partition coefficient (Wildman–Crippen LogP) is 7.42. The lowest BCUT2D eigenvalue weighted by Crippen LogP contribution is -2.37. The molecule has 0 bridgehead atoms. The van der Waals surface area contributed by atoms with Crippen molar-refractivity contribution in [2.75, 3.05) is 7.11 Å². The number of carbonyl (C=O) groups excluding carboxylic acids is 1. The highest BCUT2D eigenvalue weighted by Crippen LogP contribution is 2.38. The Morgan fingerprint density at radius 3 is 2.43 bits per heavy atom. The first-order chi connectivity index (χ1) is 17.7. The van der Waals surface area contributed by atoms with Gasteiger partial charge in [-0.1, -0.05) is 67.8 Å². The zero-order chi connectivity index (χ0) is 26.7. The summed E-state index contributed by atoms with van der Waals surface area (Å²) in [6, 6.07) is 12.2. The monoisotopic (exact) mass is 529 g/mol. The van der Waals surface area contributed by atoms with Gasteiger partial charge < -0.3 is 9.94 Å².